The largest absolute Gasteiger partial charge is 0.479 e. The lowest BCUT2D eigenvalue weighted by atomic mass is 10.1. The summed E-state index contributed by atoms with van der Waals surface area (Å²) in [4.78, 5) is 24.2. The SMILES string of the molecule is CNCC1CCN(c2nc(OC)c(NC(=O)Cc3ccc(Oc4cc([Si](C)(C)C)ccc4C)o3)c(OC)n2)C1. The fourth-order valence-electron chi connectivity index (χ4n) is 4.56. The van der Waals surface area contributed by atoms with Gasteiger partial charge >= 0.3 is 0 Å². The highest BCUT2D eigenvalue weighted by Gasteiger charge is 2.27. The fraction of sp³-hybridized carbons (Fsp3) is 0.464. The Labute approximate surface area is 231 Å². The molecule has 11 heteroatoms. The third kappa shape index (κ3) is 6.90. The second-order valence-electron chi connectivity index (χ2n) is 10.9. The molecular formula is C28H39N5O5Si. The van der Waals surface area contributed by atoms with Crippen LogP contribution in [0.2, 0.25) is 19.6 Å². The van der Waals surface area contributed by atoms with E-state index in [0.29, 0.717) is 23.6 Å². The first-order valence-corrected chi connectivity index (χ1v) is 16.7. The van der Waals surface area contributed by atoms with Crippen molar-refractivity contribution in [2.75, 3.05) is 51.1 Å². The molecule has 3 aromatic rings. The van der Waals surface area contributed by atoms with Crippen LogP contribution in [0, 0.1) is 12.8 Å². The van der Waals surface area contributed by atoms with Crippen LogP contribution in [0.1, 0.15) is 17.7 Å². The third-order valence-electron chi connectivity index (χ3n) is 6.78. The number of carbonyl (C=O) groups is 1. The van der Waals surface area contributed by atoms with Crippen molar-refractivity contribution in [3.05, 3.63) is 41.7 Å². The van der Waals surface area contributed by atoms with E-state index in [1.807, 2.05) is 14.0 Å². The van der Waals surface area contributed by atoms with Crippen molar-refractivity contribution in [1.82, 2.24) is 15.3 Å². The van der Waals surface area contributed by atoms with Gasteiger partial charge in [0.05, 0.1) is 28.7 Å². The van der Waals surface area contributed by atoms with Gasteiger partial charge in [0, 0.05) is 19.2 Å². The summed E-state index contributed by atoms with van der Waals surface area (Å²) >= 11 is 0. The number of amides is 1. The Kier molecular flexibility index (Phi) is 8.81. The number of nitrogens with zero attached hydrogens (tertiary/aromatic N) is 3. The molecule has 210 valence electrons. The molecule has 1 aromatic carbocycles. The second-order valence-corrected chi connectivity index (χ2v) is 15.9. The molecule has 1 aliphatic heterocycles. The number of methoxy groups -OCH3 is 2. The summed E-state index contributed by atoms with van der Waals surface area (Å²) in [7, 11) is 3.47. The zero-order valence-corrected chi connectivity index (χ0v) is 24.9. The number of hydrogen-bond acceptors (Lipinski definition) is 9. The van der Waals surface area contributed by atoms with E-state index in [9.17, 15) is 4.79 Å². The Balaban J connectivity index is 1.44. The molecule has 0 bridgehead atoms. The van der Waals surface area contributed by atoms with Crippen LogP contribution in [0.3, 0.4) is 0 Å². The highest BCUT2D eigenvalue weighted by atomic mass is 28.3. The van der Waals surface area contributed by atoms with Gasteiger partial charge in [-0.15, -0.1) is 0 Å². The molecule has 1 saturated heterocycles. The minimum absolute atomic E-state index is 0.0107. The Morgan fingerprint density at radius 3 is 2.49 bits per heavy atom. The molecule has 10 nitrogen and oxygen atoms in total. The van der Waals surface area contributed by atoms with E-state index >= 15 is 0 Å². The van der Waals surface area contributed by atoms with Crippen molar-refractivity contribution in [3.63, 3.8) is 0 Å². The molecule has 39 heavy (non-hydrogen) atoms. The number of benzene rings is 1. The molecule has 2 N–H and O–H groups in total. The number of aromatic nitrogens is 2. The molecule has 1 amide bonds. The number of nitrogens with one attached hydrogen (secondary N) is 2. The maximum atomic E-state index is 13.0. The lowest BCUT2D eigenvalue weighted by Crippen LogP contribution is -2.37. The van der Waals surface area contributed by atoms with E-state index < -0.39 is 8.07 Å². The van der Waals surface area contributed by atoms with Crippen LogP contribution in [0.15, 0.2) is 34.7 Å². The van der Waals surface area contributed by atoms with Crippen molar-refractivity contribution in [3.8, 4) is 23.5 Å². The first-order valence-electron chi connectivity index (χ1n) is 13.2. The molecule has 3 heterocycles. The van der Waals surface area contributed by atoms with Crippen LogP contribution in [-0.2, 0) is 11.2 Å². The van der Waals surface area contributed by atoms with E-state index in [2.05, 4.69) is 63.3 Å². The summed E-state index contributed by atoms with van der Waals surface area (Å²) in [5.74, 6) is 2.74. The van der Waals surface area contributed by atoms with Crippen molar-refractivity contribution in [2.24, 2.45) is 5.92 Å². The topological polar surface area (TPSA) is 111 Å². The van der Waals surface area contributed by atoms with Gasteiger partial charge in [-0.05, 0) is 50.6 Å². The predicted molar refractivity (Wildman–Crippen MR) is 155 cm³/mol. The number of ether oxygens (including phenoxy) is 3. The van der Waals surface area contributed by atoms with Crippen LogP contribution in [0.25, 0.3) is 0 Å². The molecule has 0 radical (unpaired) electrons. The average Bonchev–Trinajstić information content (AvgIpc) is 3.54. The van der Waals surface area contributed by atoms with Crippen LogP contribution >= 0.6 is 0 Å². The summed E-state index contributed by atoms with van der Waals surface area (Å²) in [5.41, 5.74) is 1.29. The number of rotatable bonds is 11. The lowest BCUT2D eigenvalue weighted by molar-refractivity contribution is -0.115. The van der Waals surface area contributed by atoms with Crippen molar-refractivity contribution in [1.29, 1.82) is 0 Å². The van der Waals surface area contributed by atoms with Crippen LogP contribution in [0.4, 0.5) is 11.6 Å². The molecule has 0 aliphatic carbocycles. The van der Waals surface area contributed by atoms with Gasteiger partial charge in [0.25, 0.3) is 5.95 Å². The fourth-order valence-corrected chi connectivity index (χ4v) is 5.71. The number of hydrogen-bond donors (Lipinski definition) is 2. The number of aryl methyl sites for hydroxylation is 1. The molecule has 1 unspecified atom stereocenters. The first-order chi connectivity index (χ1) is 18.6. The van der Waals surface area contributed by atoms with Crippen LogP contribution < -0.4 is 34.9 Å². The summed E-state index contributed by atoms with van der Waals surface area (Å²) in [5, 5.41) is 7.35. The minimum atomic E-state index is -1.49. The maximum Gasteiger partial charge on any atom is 0.290 e. The maximum absolute atomic E-state index is 13.0. The smallest absolute Gasteiger partial charge is 0.290 e. The van der Waals surface area contributed by atoms with E-state index in [0.717, 1.165) is 37.4 Å². The molecule has 1 fully saturated rings. The summed E-state index contributed by atoms with van der Waals surface area (Å²) in [6, 6.07) is 9.77. The molecule has 2 aromatic heterocycles. The van der Waals surface area contributed by atoms with Gasteiger partial charge in [-0.1, -0.05) is 37.0 Å². The molecular weight excluding hydrogens is 514 g/mol. The Bertz CT molecular complexity index is 1280. The first kappa shape index (κ1) is 28.4. The molecule has 1 atom stereocenters. The molecule has 0 spiro atoms. The highest BCUT2D eigenvalue weighted by molar-refractivity contribution is 6.88. The Morgan fingerprint density at radius 1 is 1.13 bits per heavy atom. The zero-order valence-electron chi connectivity index (χ0n) is 23.9. The Hall–Kier alpha value is -3.57. The molecule has 1 aliphatic rings. The van der Waals surface area contributed by atoms with Crippen molar-refractivity contribution < 1.29 is 23.4 Å². The van der Waals surface area contributed by atoms with Crippen LogP contribution in [-0.4, -0.2) is 64.9 Å². The van der Waals surface area contributed by atoms with Gasteiger partial charge < -0.3 is 34.2 Å². The van der Waals surface area contributed by atoms with Gasteiger partial charge in [-0.2, -0.15) is 9.97 Å². The number of carbonyl (C=O) groups excluding carboxylic acids is 1. The van der Waals surface area contributed by atoms with Gasteiger partial charge in [-0.25, -0.2) is 0 Å². The standard InChI is InChI=1S/C28H39N5O5Si/c1-18-8-10-21(39(5,6)7)15-22(18)38-24-11-9-20(37-24)14-23(34)30-25-26(35-3)31-28(32-27(25)36-4)33-13-12-19(17-33)16-29-2/h8-11,15,19,29H,12-14,16-17H2,1-7H3,(H,30,34). The van der Waals surface area contributed by atoms with Gasteiger partial charge in [0.15, 0.2) is 5.69 Å². The molecule has 0 saturated carbocycles. The van der Waals surface area contributed by atoms with Gasteiger partial charge in [0.2, 0.25) is 23.6 Å². The van der Waals surface area contributed by atoms with E-state index in [1.165, 1.54) is 19.4 Å². The highest BCUT2D eigenvalue weighted by Crippen LogP contribution is 2.35. The van der Waals surface area contributed by atoms with E-state index in [4.69, 9.17) is 18.6 Å². The zero-order chi connectivity index (χ0) is 28.2. The van der Waals surface area contributed by atoms with E-state index in [1.54, 1.807) is 12.1 Å². The summed E-state index contributed by atoms with van der Waals surface area (Å²) in [6.45, 7) is 11.5. The normalized spacial score (nSPS) is 15.4. The van der Waals surface area contributed by atoms with E-state index in [-0.39, 0.29) is 29.8 Å². The van der Waals surface area contributed by atoms with Crippen molar-refractivity contribution in [2.45, 2.75) is 39.4 Å². The van der Waals surface area contributed by atoms with Crippen molar-refractivity contribution >= 4 is 30.8 Å². The molecule has 4 rings (SSSR count). The Morgan fingerprint density at radius 2 is 1.85 bits per heavy atom. The average molecular weight is 554 g/mol. The van der Waals surface area contributed by atoms with Gasteiger partial charge in [-0.3, -0.25) is 4.79 Å². The number of anilines is 2. The minimum Gasteiger partial charge on any atom is -0.479 e. The quantitative estimate of drug-likeness (QED) is 0.341. The van der Waals surface area contributed by atoms with Gasteiger partial charge in [0.1, 0.15) is 11.5 Å². The van der Waals surface area contributed by atoms with Crippen LogP contribution in [0.5, 0.6) is 23.5 Å². The summed E-state index contributed by atoms with van der Waals surface area (Å²) in [6.07, 6.45) is 1.04. The predicted octanol–water partition coefficient (Wildman–Crippen LogP) is 3.96. The summed E-state index contributed by atoms with van der Waals surface area (Å²) < 4.78 is 22.9. The third-order valence-corrected chi connectivity index (χ3v) is 8.82. The number of furan rings is 1. The monoisotopic (exact) mass is 553 g/mol. The lowest BCUT2D eigenvalue weighted by Gasteiger charge is -2.20. The second kappa shape index (κ2) is 12.1.